The van der Waals surface area contributed by atoms with Crippen LogP contribution in [-0.4, -0.2) is 11.9 Å². The third-order valence-corrected chi connectivity index (χ3v) is 3.99. The van der Waals surface area contributed by atoms with Crippen LogP contribution < -0.4 is 5.32 Å². The van der Waals surface area contributed by atoms with Crippen LogP contribution in [0.5, 0.6) is 0 Å². The summed E-state index contributed by atoms with van der Waals surface area (Å²) < 4.78 is 12.8. The molecule has 2 atom stereocenters. The van der Waals surface area contributed by atoms with Crippen molar-refractivity contribution in [1.82, 2.24) is 5.32 Å². The summed E-state index contributed by atoms with van der Waals surface area (Å²) >= 11 is 5.99. The van der Waals surface area contributed by atoms with Crippen molar-refractivity contribution in [2.24, 2.45) is 5.92 Å². The normalized spacial score (nSPS) is 24.8. The fourth-order valence-electron chi connectivity index (χ4n) is 2.51. The fourth-order valence-corrected chi connectivity index (χ4v) is 2.88. The van der Waals surface area contributed by atoms with Gasteiger partial charge >= 0.3 is 0 Å². The Morgan fingerprint density at radius 1 is 1.18 bits per heavy atom. The highest BCUT2D eigenvalue weighted by Crippen LogP contribution is 2.25. The molecule has 94 valence electrons. The van der Waals surface area contributed by atoms with E-state index in [-0.39, 0.29) is 5.82 Å². The monoisotopic (exact) mass is 255 g/mol. The predicted molar refractivity (Wildman–Crippen MR) is 69.7 cm³/mol. The molecule has 2 unspecified atom stereocenters. The molecule has 0 aromatic heterocycles. The number of benzene rings is 1. The van der Waals surface area contributed by atoms with Crippen LogP contribution in [0.25, 0.3) is 0 Å². The van der Waals surface area contributed by atoms with Crippen molar-refractivity contribution < 1.29 is 4.39 Å². The van der Waals surface area contributed by atoms with Gasteiger partial charge in [-0.2, -0.15) is 0 Å². The van der Waals surface area contributed by atoms with Gasteiger partial charge in [-0.25, -0.2) is 4.39 Å². The second kappa shape index (κ2) is 6.36. The van der Waals surface area contributed by atoms with Crippen LogP contribution in [0, 0.1) is 11.7 Å². The van der Waals surface area contributed by atoms with Gasteiger partial charge in [-0.05, 0) is 36.5 Å². The maximum absolute atomic E-state index is 12.8. The molecule has 1 aromatic carbocycles. The van der Waals surface area contributed by atoms with Crippen LogP contribution in [0.15, 0.2) is 24.3 Å². The second-order valence-corrected chi connectivity index (χ2v) is 5.12. The Morgan fingerprint density at radius 2 is 1.88 bits per heavy atom. The van der Waals surface area contributed by atoms with Crippen LogP contribution in [0.1, 0.15) is 31.2 Å². The summed E-state index contributed by atoms with van der Waals surface area (Å²) in [6.45, 7) is 0.804. The lowest BCUT2D eigenvalue weighted by Crippen LogP contribution is -2.38. The Hall–Kier alpha value is -0.600. The van der Waals surface area contributed by atoms with Gasteiger partial charge in [-0.1, -0.05) is 25.0 Å². The summed E-state index contributed by atoms with van der Waals surface area (Å²) in [4.78, 5) is 0. The summed E-state index contributed by atoms with van der Waals surface area (Å²) in [7, 11) is 0. The molecule has 0 heterocycles. The van der Waals surface area contributed by atoms with E-state index in [1.807, 2.05) is 12.1 Å². The van der Waals surface area contributed by atoms with Crippen LogP contribution in [0.4, 0.5) is 4.39 Å². The molecule has 0 spiro atoms. The molecule has 0 amide bonds. The van der Waals surface area contributed by atoms with Gasteiger partial charge in [-0.3, -0.25) is 0 Å². The first-order valence-electron chi connectivity index (χ1n) is 6.33. The third kappa shape index (κ3) is 3.68. The quantitative estimate of drug-likeness (QED) is 0.809. The molecular formula is C14H19ClFN. The SMILES string of the molecule is Fc1ccc(CNC2CCCCC2CCl)cc1. The predicted octanol–water partition coefficient (Wildman–Crippen LogP) is 3.71. The van der Waals surface area contributed by atoms with Gasteiger partial charge in [0.1, 0.15) is 5.82 Å². The molecule has 3 heteroatoms. The summed E-state index contributed by atoms with van der Waals surface area (Å²) in [5.74, 6) is 1.15. The standard InChI is InChI=1S/C14H19ClFN/c15-9-12-3-1-2-4-14(12)17-10-11-5-7-13(16)8-6-11/h5-8,12,14,17H,1-4,9-10H2. The van der Waals surface area contributed by atoms with Gasteiger partial charge in [0.25, 0.3) is 0 Å². The minimum Gasteiger partial charge on any atom is -0.310 e. The Bertz CT molecular complexity index is 339. The Labute approximate surface area is 107 Å². The summed E-state index contributed by atoms with van der Waals surface area (Å²) in [6.07, 6.45) is 5.02. The molecule has 1 saturated carbocycles. The highest BCUT2D eigenvalue weighted by atomic mass is 35.5. The number of alkyl halides is 1. The van der Waals surface area contributed by atoms with Crippen molar-refractivity contribution in [3.63, 3.8) is 0 Å². The van der Waals surface area contributed by atoms with Gasteiger partial charge in [0.15, 0.2) is 0 Å². The third-order valence-electron chi connectivity index (χ3n) is 3.59. The Kier molecular flexibility index (Phi) is 4.81. The Balaban J connectivity index is 1.86. The lowest BCUT2D eigenvalue weighted by molar-refractivity contribution is 0.282. The van der Waals surface area contributed by atoms with E-state index in [2.05, 4.69) is 5.32 Å². The summed E-state index contributed by atoms with van der Waals surface area (Å²) in [6, 6.07) is 7.21. The summed E-state index contributed by atoms with van der Waals surface area (Å²) in [5, 5.41) is 3.55. The molecule has 1 aliphatic carbocycles. The van der Waals surface area contributed by atoms with E-state index in [1.165, 1.54) is 37.8 Å². The topological polar surface area (TPSA) is 12.0 Å². The van der Waals surface area contributed by atoms with E-state index < -0.39 is 0 Å². The molecule has 1 nitrogen and oxygen atoms in total. The summed E-state index contributed by atoms with van der Waals surface area (Å²) in [5.41, 5.74) is 1.13. The first-order chi connectivity index (χ1) is 8.29. The van der Waals surface area contributed by atoms with E-state index >= 15 is 0 Å². The molecule has 1 aromatic rings. The van der Waals surface area contributed by atoms with E-state index in [1.54, 1.807) is 0 Å². The van der Waals surface area contributed by atoms with Crippen molar-refractivity contribution in [2.75, 3.05) is 5.88 Å². The molecule has 0 saturated heterocycles. The number of nitrogens with one attached hydrogen (secondary N) is 1. The molecule has 1 N–H and O–H groups in total. The second-order valence-electron chi connectivity index (χ2n) is 4.81. The van der Waals surface area contributed by atoms with Gasteiger partial charge in [-0.15, -0.1) is 11.6 Å². The molecule has 17 heavy (non-hydrogen) atoms. The zero-order valence-corrected chi connectivity index (χ0v) is 10.7. The number of hydrogen-bond acceptors (Lipinski definition) is 1. The molecule has 0 bridgehead atoms. The van der Waals surface area contributed by atoms with Crippen LogP contribution in [0.2, 0.25) is 0 Å². The van der Waals surface area contributed by atoms with E-state index in [4.69, 9.17) is 11.6 Å². The largest absolute Gasteiger partial charge is 0.310 e. The molecule has 1 fully saturated rings. The van der Waals surface area contributed by atoms with E-state index in [9.17, 15) is 4.39 Å². The maximum Gasteiger partial charge on any atom is 0.123 e. The van der Waals surface area contributed by atoms with Crippen LogP contribution in [0.3, 0.4) is 0 Å². The highest BCUT2D eigenvalue weighted by molar-refractivity contribution is 6.18. The first kappa shape index (κ1) is 12.8. The lowest BCUT2D eigenvalue weighted by Gasteiger charge is -2.31. The minimum absolute atomic E-state index is 0.176. The number of hydrogen-bond donors (Lipinski definition) is 1. The average Bonchev–Trinajstić information content (AvgIpc) is 2.38. The van der Waals surface area contributed by atoms with Crippen molar-refractivity contribution in [2.45, 2.75) is 38.3 Å². The fraction of sp³-hybridized carbons (Fsp3) is 0.571. The zero-order chi connectivity index (χ0) is 12.1. The molecule has 2 rings (SSSR count). The molecule has 1 aliphatic rings. The number of halogens is 2. The maximum atomic E-state index is 12.8. The van der Waals surface area contributed by atoms with Crippen molar-refractivity contribution >= 4 is 11.6 Å². The van der Waals surface area contributed by atoms with Crippen LogP contribution >= 0.6 is 11.6 Å². The zero-order valence-electron chi connectivity index (χ0n) is 9.96. The average molecular weight is 256 g/mol. The smallest absolute Gasteiger partial charge is 0.123 e. The van der Waals surface area contributed by atoms with Crippen LogP contribution in [-0.2, 0) is 6.54 Å². The van der Waals surface area contributed by atoms with Gasteiger partial charge in [0.05, 0.1) is 0 Å². The van der Waals surface area contributed by atoms with Gasteiger partial charge < -0.3 is 5.32 Å². The van der Waals surface area contributed by atoms with Gasteiger partial charge in [0, 0.05) is 18.5 Å². The van der Waals surface area contributed by atoms with E-state index in [0.29, 0.717) is 12.0 Å². The minimum atomic E-state index is -0.176. The van der Waals surface area contributed by atoms with E-state index in [0.717, 1.165) is 18.0 Å². The highest BCUT2D eigenvalue weighted by Gasteiger charge is 2.23. The number of rotatable bonds is 4. The molecular weight excluding hydrogens is 237 g/mol. The first-order valence-corrected chi connectivity index (χ1v) is 6.87. The van der Waals surface area contributed by atoms with Crippen molar-refractivity contribution in [3.8, 4) is 0 Å². The van der Waals surface area contributed by atoms with Crippen molar-refractivity contribution in [3.05, 3.63) is 35.6 Å². The van der Waals surface area contributed by atoms with Crippen molar-refractivity contribution in [1.29, 1.82) is 0 Å². The molecule has 0 radical (unpaired) electrons. The molecule has 0 aliphatic heterocycles. The van der Waals surface area contributed by atoms with Gasteiger partial charge in [0.2, 0.25) is 0 Å². The lowest BCUT2D eigenvalue weighted by atomic mass is 9.85. The Morgan fingerprint density at radius 3 is 2.59 bits per heavy atom.